The number of benzene rings is 1. The molecule has 9 nitrogen and oxygen atoms in total. The van der Waals surface area contributed by atoms with E-state index >= 15 is 0 Å². The molecular weight excluding hydrogens is 528 g/mol. The number of halogens is 4. The van der Waals surface area contributed by atoms with Gasteiger partial charge in [0.05, 0.1) is 23.0 Å². The highest BCUT2D eigenvalue weighted by Gasteiger charge is 2.31. The van der Waals surface area contributed by atoms with Gasteiger partial charge in [0.25, 0.3) is 0 Å². The molecule has 1 aliphatic rings. The molecule has 1 aliphatic carbocycles. The summed E-state index contributed by atoms with van der Waals surface area (Å²) in [5.74, 6) is -1.00. The number of anilines is 1. The molecule has 0 bridgehead atoms. The quantitative estimate of drug-likeness (QED) is 0.0973. The Hall–Kier alpha value is -3.65. The van der Waals surface area contributed by atoms with E-state index in [4.69, 9.17) is 5.73 Å². The van der Waals surface area contributed by atoms with Crippen molar-refractivity contribution in [1.29, 1.82) is 0 Å². The molecule has 0 aliphatic heterocycles. The molecule has 206 valence electrons. The third-order valence-corrected chi connectivity index (χ3v) is 5.56. The Morgan fingerprint density at radius 3 is 2.61 bits per heavy atom. The number of aldehydes is 1. The number of urea groups is 2. The van der Waals surface area contributed by atoms with Gasteiger partial charge >= 0.3 is 18.2 Å². The first kappa shape index (κ1) is 30.6. The molecule has 1 aromatic rings. The average molecular weight is 557 g/mol. The predicted octanol–water partition coefficient (Wildman–Crippen LogP) is 4.06. The van der Waals surface area contributed by atoms with Crippen LogP contribution >= 0.6 is 11.9 Å². The number of carbonyl (C=O) groups is 3. The topological polar surface area (TPSA) is 138 Å². The van der Waals surface area contributed by atoms with Crippen LogP contribution in [0.15, 0.2) is 57.7 Å². The molecule has 0 spiro atoms. The minimum absolute atomic E-state index is 0.0469. The predicted molar refractivity (Wildman–Crippen MR) is 139 cm³/mol. The molecule has 0 saturated heterocycles. The summed E-state index contributed by atoms with van der Waals surface area (Å²) in [5, 5.41) is 9.77. The van der Waals surface area contributed by atoms with Crippen LogP contribution in [-0.4, -0.2) is 49.4 Å². The van der Waals surface area contributed by atoms with Crippen LogP contribution in [0, 0.1) is 5.82 Å². The summed E-state index contributed by atoms with van der Waals surface area (Å²) >= 11 is 1.18. The maximum Gasteiger partial charge on any atom is 0.416 e. The van der Waals surface area contributed by atoms with E-state index in [2.05, 4.69) is 25.7 Å². The van der Waals surface area contributed by atoms with Crippen LogP contribution in [0.4, 0.5) is 32.8 Å². The Labute approximate surface area is 221 Å². The maximum atomic E-state index is 14.0. The molecule has 6 N–H and O–H groups in total. The molecule has 4 amide bonds. The van der Waals surface area contributed by atoms with E-state index in [-0.39, 0.29) is 19.5 Å². The van der Waals surface area contributed by atoms with Crippen molar-refractivity contribution in [1.82, 2.24) is 16.0 Å². The SMILES string of the molecule is CS/N=C(C1=CCC(NC(=O)Nc2cc(C(F)(F)F)ccc2F)C=C1C)\C(=C\NC(=O)NCCC=O)CN. The van der Waals surface area contributed by atoms with Crippen molar-refractivity contribution in [2.45, 2.75) is 32.0 Å². The van der Waals surface area contributed by atoms with Gasteiger partial charge in [0.1, 0.15) is 12.1 Å². The van der Waals surface area contributed by atoms with E-state index in [0.29, 0.717) is 47.8 Å². The van der Waals surface area contributed by atoms with E-state index in [1.54, 1.807) is 25.3 Å². The minimum Gasteiger partial charge on any atom is -0.337 e. The summed E-state index contributed by atoms with van der Waals surface area (Å²) in [4.78, 5) is 34.7. The molecule has 0 fully saturated rings. The lowest BCUT2D eigenvalue weighted by molar-refractivity contribution is -0.137. The number of carbonyl (C=O) groups excluding carboxylic acids is 3. The second-order valence-electron chi connectivity index (χ2n) is 7.95. The first-order chi connectivity index (χ1) is 18.0. The van der Waals surface area contributed by atoms with Crippen molar-refractivity contribution in [3.8, 4) is 0 Å². The third-order valence-electron chi connectivity index (χ3n) is 5.20. The van der Waals surface area contributed by atoms with Gasteiger partial charge in [0, 0.05) is 37.5 Å². The van der Waals surface area contributed by atoms with E-state index in [1.807, 2.05) is 0 Å². The summed E-state index contributed by atoms with van der Waals surface area (Å²) in [6.45, 7) is 2.00. The largest absolute Gasteiger partial charge is 0.416 e. The van der Waals surface area contributed by atoms with Crippen molar-refractivity contribution in [2.75, 3.05) is 24.7 Å². The molecule has 0 aromatic heterocycles. The molecule has 1 atom stereocenters. The van der Waals surface area contributed by atoms with Crippen LogP contribution in [0.25, 0.3) is 0 Å². The third kappa shape index (κ3) is 9.03. The number of hydrogen-bond donors (Lipinski definition) is 5. The number of hydrogen-bond acceptors (Lipinski definition) is 6. The average Bonchev–Trinajstić information content (AvgIpc) is 2.85. The highest BCUT2D eigenvalue weighted by Crippen LogP contribution is 2.32. The Morgan fingerprint density at radius 1 is 1.26 bits per heavy atom. The van der Waals surface area contributed by atoms with Crippen LogP contribution in [0.3, 0.4) is 0 Å². The highest BCUT2D eigenvalue weighted by molar-refractivity contribution is 7.97. The Balaban J connectivity index is 2.10. The monoisotopic (exact) mass is 556 g/mol. The fraction of sp³-hybridized carbons (Fsp3) is 0.333. The van der Waals surface area contributed by atoms with E-state index in [9.17, 15) is 31.9 Å². The minimum atomic E-state index is -4.69. The zero-order valence-corrected chi connectivity index (χ0v) is 21.4. The number of nitrogens with two attached hydrogens (primary N) is 1. The van der Waals surface area contributed by atoms with Crippen LogP contribution in [0.5, 0.6) is 0 Å². The van der Waals surface area contributed by atoms with Gasteiger partial charge in [0.15, 0.2) is 0 Å². The van der Waals surface area contributed by atoms with E-state index in [0.717, 1.165) is 5.57 Å². The van der Waals surface area contributed by atoms with Gasteiger partial charge in [-0.2, -0.15) is 13.2 Å². The van der Waals surface area contributed by atoms with Gasteiger partial charge in [-0.25, -0.2) is 18.4 Å². The van der Waals surface area contributed by atoms with Crippen molar-refractivity contribution >= 4 is 41.7 Å². The molecule has 1 aromatic carbocycles. The number of alkyl halides is 3. The number of rotatable bonds is 10. The molecule has 0 saturated carbocycles. The summed E-state index contributed by atoms with van der Waals surface area (Å²) in [5.41, 5.74) is 6.66. The lowest BCUT2D eigenvalue weighted by Crippen LogP contribution is -2.38. The smallest absolute Gasteiger partial charge is 0.337 e. The van der Waals surface area contributed by atoms with Gasteiger partial charge in [0.2, 0.25) is 0 Å². The van der Waals surface area contributed by atoms with Gasteiger partial charge in [-0.05, 0) is 54.6 Å². The molecule has 0 radical (unpaired) electrons. The van der Waals surface area contributed by atoms with Crippen molar-refractivity contribution in [3.05, 3.63) is 64.7 Å². The first-order valence-electron chi connectivity index (χ1n) is 11.3. The maximum absolute atomic E-state index is 14.0. The number of nitrogens with one attached hydrogen (secondary N) is 4. The van der Waals surface area contributed by atoms with Crippen LogP contribution < -0.4 is 27.0 Å². The Morgan fingerprint density at radius 2 is 2.00 bits per heavy atom. The second kappa shape index (κ2) is 14.3. The van der Waals surface area contributed by atoms with Crippen LogP contribution in [0.1, 0.15) is 25.3 Å². The summed E-state index contributed by atoms with van der Waals surface area (Å²) in [7, 11) is 0. The zero-order valence-electron chi connectivity index (χ0n) is 20.6. The lowest BCUT2D eigenvalue weighted by atomic mass is 9.90. The lowest BCUT2D eigenvalue weighted by Gasteiger charge is -2.23. The fourth-order valence-electron chi connectivity index (χ4n) is 3.42. The number of nitrogens with zero attached hydrogens (tertiary/aromatic N) is 1. The van der Waals surface area contributed by atoms with Gasteiger partial charge in [-0.1, -0.05) is 12.2 Å². The molecular formula is C24H28F4N6O3S. The first-order valence-corrected chi connectivity index (χ1v) is 12.5. The van der Waals surface area contributed by atoms with Gasteiger partial charge < -0.3 is 31.8 Å². The molecule has 2 rings (SSSR count). The van der Waals surface area contributed by atoms with Gasteiger partial charge in [-0.3, -0.25) is 0 Å². The molecule has 14 heteroatoms. The van der Waals surface area contributed by atoms with Crippen molar-refractivity contribution in [2.24, 2.45) is 10.1 Å². The Kier molecular flexibility index (Phi) is 11.5. The van der Waals surface area contributed by atoms with Crippen LogP contribution in [0.2, 0.25) is 0 Å². The van der Waals surface area contributed by atoms with Crippen molar-refractivity contribution in [3.63, 3.8) is 0 Å². The van der Waals surface area contributed by atoms with E-state index in [1.165, 1.54) is 18.1 Å². The summed E-state index contributed by atoms with van der Waals surface area (Å²) in [6, 6.07) is -0.173. The van der Waals surface area contributed by atoms with E-state index < -0.39 is 41.3 Å². The normalized spacial score (nSPS) is 16.2. The standard InChI is InChI=1S/C24H28F4N6O3S/c1-14-10-17(32-23(37)33-20-11-16(24(26,27)28)4-7-19(20)25)5-6-18(14)21(34-38-2)15(12-29)13-31-22(36)30-8-3-9-35/h4,6-7,9-11,13,17H,3,5,8,12,29H2,1-2H3,(H2,30,31,36)(H2,32,33,37)/b15-13+,34-21+. The van der Waals surface area contributed by atoms with Crippen LogP contribution in [-0.2, 0) is 11.0 Å². The fourth-order valence-corrected chi connectivity index (χ4v) is 3.82. The number of allylic oxidation sites excluding steroid dienone is 2. The van der Waals surface area contributed by atoms with Gasteiger partial charge in [-0.15, -0.1) is 0 Å². The molecule has 1 unspecified atom stereocenters. The summed E-state index contributed by atoms with van der Waals surface area (Å²) < 4.78 is 57.2. The zero-order chi connectivity index (χ0) is 28.3. The molecule has 38 heavy (non-hydrogen) atoms. The number of amides is 4. The molecule has 0 heterocycles. The van der Waals surface area contributed by atoms with Crippen molar-refractivity contribution < 1.29 is 31.9 Å². The summed E-state index contributed by atoms with van der Waals surface area (Å²) in [6.07, 6.45) is 3.17. The second-order valence-corrected chi connectivity index (χ2v) is 8.50. The Bertz CT molecular complexity index is 1160. The highest BCUT2D eigenvalue weighted by atomic mass is 32.2.